The fourth-order valence-corrected chi connectivity index (χ4v) is 3.12. The summed E-state index contributed by atoms with van der Waals surface area (Å²) in [6.45, 7) is 1.91. The van der Waals surface area contributed by atoms with Gasteiger partial charge in [-0.25, -0.2) is 18.7 Å². The largest absolute Gasteiger partial charge is 0.464 e. The van der Waals surface area contributed by atoms with Crippen molar-refractivity contribution in [2.75, 3.05) is 7.11 Å². The average Bonchev–Trinajstić information content (AvgIpc) is 3.11. The number of ketones is 1. The summed E-state index contributed by atoms with van der Waals surface area (Å²) >= 11 is 0. The lowest BCUT2D eigenvalue weighted by Crippen LogP contribution is -2.10. The first kappa shape index (κ1) is 18.5. The summed E-state index contributed by atoms with van der Waals surface area (Å²) in [7, 11) is 1.24. The number of carbonyl (C=O) groups excluding carboxylic acids is 2. The van der Waals surface area contributed by atoms with Crippen LogP contribution in [0.3, 0.4) is 0 Å². The zero-order chi connectivity index (χ0) is 20.5. The van der Waals surface area contributed by atoms with E-state index in [1.54, 1.807) is 35.0 Å². The monoisotopic (exact) mass is 389 g/mol. The van der Waals surface area contributed by atoms with Gasteiger partial charge in [0.2, 0.25) is 5.78 Å². The van der Waals surface area contributed by atoms with Crippen molar-refractivity contribution in [3.63, 3.8) is 0 Å². The number of aromatic nitrogens is 3. The highest BCUT2D eigenvalue weighted by Gasteiger charge is 2.24. The van der Waals surface area contributed by atoms with Gasteiger partial charge in [-0.15, -0.1) is 0 Å². The molecule has 0 saturated carbocycles. The molecule has 0 radical (unpaired) electrons. The van der Waals surface area contributed by atoms with Crippen LogP contribution in [0.25, 0.3) is 16.8 Å². The molecular weight excluding hydrogens is 373 g/mol. The maximum atomic E-state index is 13.8. The third-order valence-corrected chi connectivity index (χ3v) is 4.48. The number of methoxy groups -OCH3 is 1. The highest BCUT2D eigenvalue weighted by atomic mass is 19.1. The molecule has 7 heteroatoms. The van der Waals surface area contributed by atoms with E-state index in [-0.39, 0.29) is 17.0 Å². The van der Waals surface area contributed by atoms with Gasteiger partial charge in [-0.1, -0.05) is 24.3 Å². The molecule has 0 fully saturated rings. The molecule has 4 aromatic rings. The molecule has 0 unspecified atom stereocenters. The smallest absolute Gasteiger partial charge is 0.356 e. The van der Waals surface area contributed by atoms with Crippen molar-refractivity contribution in [1.82, 2.24) is 14.6 Å². The number of benzene rings is 1. The van der Waals surface area contributed by atoms with E-state index in [0.717, 1.165) is 5.56 Å². The lowest BCUT2D eigenvalue weighted by molar-refractivity contribution is 0.0594. The van der Waals surface area contributed by atoms with Crippen LogP contribution in [0.4, 0.5) is 4.39 Å². The highest BCUT2D eigenvalue weighted by Crippen LogP contribution is 2.29. The quantitative estimate of drug-likeness (QED) is 0.391. The Bertz CT molecular complexity index is 1260. The number of nitrogens with zero attached hydrogens (tertiary/aromatic N) is 3. The van der Waals surface area contributed by atoms with Crippen molar-refractivity contribution < 1.29 is 18.7 Å². The van der Waals surface area contributed by atoms with Crippen molar-refractivity contribution in [2.24, 2.45) is 0 Å². The van der Waals surface area contributed by atoms with Gasteiger partial charge in [-0.2, -0.15) is 5.10 Å². The van der Waals surface area contributed by atoms with Crippen LogP contribution in [0.5, 0.6) is 0 Å². The first-order valence-corrected chi connectivity index (χ1v) is 8.83. The van der Waals surface area contributed by atoms with Crippen LogP contribution in [0.2, 0.25) is 0 Å². The molecule has 0 N–H and O–H groups in total. The van der Waals surface area contributed by atoms with Gasteiger partial charge >= 0.3 is 5.97 Å². The first-order valence-electron chi connectivity index (χ1n) is 8.83. The minimum Gasteiger partial charge on any atom is -0.464 e. The lowest BCUT2D eigenvalue weighted by atomic mass is 10.0. The van der Waals surface area contributed by atoms with Gasteiger partial charge in [0.05, 0.1) is 18.2 Å². The molecule has 0 atom stereocenters. The molecule has 6 nitrogen and oxygen atoms in total. The second-order valence-corrected chi connectivity index (χ2v) is 6.50. The topological polar surface area (TPSA) is 73.6 Å². The van der Waals surface area contributed by atoms with Gasteiger partial charge in [0.15, 0.2) is 0 Å². The Kier molecular flexibility index (Phi) is 4.64. The molecule has 0 bridgehead atoms. The van der Waals surface area contributed by atoms with Crippen LogP contribution in [-0.2, 0) is 4.74 Å². The number of pyridine rings is 2. The number of fused-ring (bicyclic) bond motifs is 1. The molecule has 0 amide bonds. The molecule has 144 valence electrons. The predicted molar refractivity (Wildman–Crippen MR) is 104 cm³/mol. The average molecular weight is 389 g/mol. The third-order valence-electron chi connectivity index (χ3n) is 4.48. The summed E-state index contributed by atoms with van der Waals surface area (Å²) in [5.41, 5.74) is 2.70. The molecule has 3 heterocycles. The number of hydrogen-bond donors (Lipinski definition) is 0. The summed E-state index contributed by atoms with van der Waals surface area (Å²) in [5.74, 6) is -1.49. The summed E-state index contributed by atoms with van der Waals surface area (Å²) in [5, 5.41) is 4.51. The van der Waals surface area contributed by atoms with E-state index in [0.29, 0.717) is 16.8 Å². The number of ether oxygens (including phenoxy) is 1. The van der Waals surface area contributed by atoms with Crippen molar-refractivity contribution in [3.8, 4) is 11.3 Å². The van der Waals surface area contributed by atoms with Crippen LogP contribution in [0.1, 0.15) is 32.1 Å². The predicted octanol–water partition coefficient (Wildman–Crippen LogP) is 3.86. The molecular formula is C22H16FN3O3. The fraction of sp³-hybridized carbons (Fsp3) is 0.0909. The van der Waals surface area contributed by atoms with Crippen LogP contribution >= 0.6 is 0 Å². The molecule has 0 aliphatic heterocycles. The molecule has 29 heavy (non-hydrogen) atoms. The zero-order valence-electron chi connectivity index (χ0n) is 15.7. The van der Waals surface area contributed by atoms with E-state index in [9.17, 15) is 14.0 Å². The number of aryl methyl sites for hydroxylation is 1. The summed E-state index contributed by atoms with van der Waals surface area (Å²) in [6, 6.07) is 14.1. The van der Waals surface area contributed by atoms with E-state index < -0.39 is 17.6 Å². The minimum atomic E-state index is -0.638. The van der Waals surface area contributed by atoms with Crippen molar-refractivity contribution in [1.29, 1.82) is 0 Å². The summed E-state index contributed by atoms with van der Waals surface area (Å²) in [6.07, 6.45) is 1.78. The van der Waals surface area contributed by atoms with Crippen molar-refractivity contribution in [3.05, 3.63) is 89.1 Å². The maximum Gasteiger partial charge on any atom is 0.356 e. The standard InChI is InChI=1S/C22H16FN3O3/c1-13-9-10-18-19(21(27)16-7-4-8-17(24-16)22(28)29-2)20(25-26(18)12-13)14-5-3-6-15(23)11-14/h3-12H,1-2H3. The van der Waals surface area contributed by atoms with Gasteiger partial charge in [0.25, 0.3) is 0 Å². The van der Waals surface area contributed by atoms with Gasteiger partial charge in [0.1, 0.15) is 22.9 Å². The van der Waals surface area contributed by atoms with Crippen LogP contribution in [0, 0.1) is 12.7 Å². The molecule has 4 rings (SSSR count). The maximum absolute atomic E-state index is 13.8. The Hall–Kier alpha value is -3.87. The van der Waals surface area contributed by atoms with Crippen LogP contribution in [-0.4, -0.2) is 33.5 Å². The highest BCUT2D eigenvalue weighted by molar-refractivity contribution is 6.16. The number of carbonyl (C=O) groups is 2. The van der Waals surface area contributed by atoms with Gasteiger partial charge in [-0.3, -0.25) is 4.79 Å². The minimum absolute atomic E-state index is 0.0259. The second kappa shape index (κ2) is 7.27. The Balaban J connectivity index is 1.93. The number of esters is 1. The van der Waals surface area contributed by atoms with Crippen LogP contribution in [0.15, 0.2) is 60.8 Å². The summed E-state index contributed by atoms with van der Waals surface area (Å²) in [4.78, 5) is 29.3. The molecule has 0 saturated heterocycles. The summed E-state index contributed by atoms with van der Waals surface area (Å²) < 4.78 is 20.1. The van der Waals surface area contributed by atoms with E-state index >= 15 is 0 Å². The van der Waals surface area contributed by atoms with E-state index in [1.807, 2.05) is 13.0 Å². The number of hydrogen-bond acceptors (Lipinski definition) is 5. The Morgan fingerprint density at radius 1 is 1.03 bits per heavy atom. The first-order chi connectivity index (χ1) is 14.0. The molecule has 0 aliphatic carbocycles. The number of rotatable bonds is 4. The Morgan fingerprint density at radius 3 is 2.55 bits per heavy atom. The molecule has 0 aliphatic rings. The van der Waals surface area contributed by atoms with Gasteiger partial charge in [-0.05, 0) is 42.8 Å². The Labute approximate surface area is 165 Å². The van der Waals surface area contributed by atoms with E-state index in [1.165, 1.54) is 31.4 Å². The normalized spacial score (nSPS) is 10.9. The molecule has 1 aromatic carbocycles. The van der Waals surface area contributed by atoms with E-state index in [2.05, 4.69) is 14.8 Å². The third kappa shape index (κ3) is 3.38. The van der Waals surface area contributed by atoms with Gasteiger partial charge < -0.3 is 4.74 Å². The fourth-order valence-electron chi connectivity index (χ4n) is 3.12. The number of halogens is 1. The Morgan fingerprint density at radius 2 is 1.79 bits per heavy atom. The van der Waals surface area contributed by atoms with Gasteiger partial charge in [0, 0.05) is 11.8 Å². The molecule has 3 aromatic heterocycles. The van der Waals surface area contributed by atoms with E-state index in [4.69, 9.17) is 0 Å². The molecule has 0 spiro atoms. The second-order valence-electron chi connectivity index (χ2n) is 6.50. The SMILES string of the molecule is COC(=O)c1cccc(C(=O)c2c(-c3cccc(F)c3)nn3cc(C)ccc23)n1. The van der Waals surface area contributed by atoms with Crippen LogP contribution < -0.4 is 0 Å². The zero-order valence-corrected chi connectivity index (χ0v) is 15.7. The van der Waals surface area contributed by atoms with Crippen molar-refractivity contribution in [2.45, 2.75) is 6.92 Å². The van der Waals surface area contributed by atoms with Crippen molar-refractivity contribution >= 4 is 17.3 Å². The lowest BCUT2D eigenvalue weighted by Gasteiger charge is -2.05.